The third kappa shape index (κ3) is 16.1. The van der Waals surface area contributed by atoms with Gasteiger partial charge in [0.25, 0.3) is 0 Å². The summed E-state index contributed by atoms with van der Waals surface area (Å²) >= 11 is 0. The fourth-order valence-corrected chi connectivity index (χ4v) is 4.55. The van der Waals surface area contributed by atoms with Crippen LogP contribution in [0.5, 0.6) is 11.5 Å². The third-order valence-corrected chi connectivity index (χ3v) is 7.03. The topological polar surface area (TPSA) is 150 Å². The van der Waals surface area contributed by atoms with E-state index in [4.69, 9.17) is 23.7 Å². The molecule has 11 nitrogen and oxygen atoms in total. The van der Waals surface area contributed by atoms with Crippen LogP contribution in [0, 0.1) is 17.8 Å². The largest absolute Gasteiger partial charge is 0.490 e. The first-order valence-electron chi connectivity index (χ1n) is 15.6. The quantitative estimate of drug-likeness (QED) is 0.120. The Morgan fingerprint density at radius 2 is 1.61 bits per heavy atom. The number of carbonyl (C=O) groups is 3. The number of carboxylic acids is 1. The number of ether oxygens (including phenoxy) is 5. The first-order valence-corrected chi connectivity index (χ1v) is 15.6. The predicted molar refractivity (Wildman–Crippen MR) is 167 cm³/mol. The highest BCUT2D eigenvalue weighted by atomic mass is 16.6. The molecule has 0 saturated carbocycles. The van der Waals surface area contributed by atoms with E-state index in [0.717, 1.165) is 5.56 Å². The highest BCUT2D eigenvalue weighted by Crippen LogP contribution is 2.32. The standard InChI is InChI=1S/C33H55NO10/c1-9-41-30(36)12-10-16-42-28-14-13-24(20-29(28)43-17-11-15-40-8)19-25(22(2)3)21-26(27(35)18-23(4)31(37)38)34-32(39)44-33(5,6)7/h13-14,20,22-23,25-27,35H,9-12,15-19,21H2,1-8H3,(H,34,39)(H,37,38)/t23-,25+,26+,27+/m1/s1. The molecule has 0 fully saturated rings. The zero-order valence-electron chi connectivity index (χ0n) is 27.9. The van der Waals surface area contributed by atoms with Crippen molar-refractivity contribution >= 4 is 18.0 Å². The molecule has 0 heterocycles. The van der Waals surface area contributed by atoms with Crippen LogP contribution in [0.4, 0.5) is 4.79 Å². The number of methoxy groups -OCH3 is 1. The number of hydrogen-bond acceptors (Lipinski definition) is 9. The van der Waals surface area contributed by atoms with Crippen LogP contribution in [0.15, 0.2) is 18.2 Å². The number of aliphatic hydroxyl groups excluding tert-OH is 1. The lowest BCUT2D eigenvalue weighted by atomic mass is 9.82. The molecule has 1 rings (SSSR count). The summed E-state index contributed by atoms with van der Waals surface area (Å²) in [6, 6.07) is 5.02. The monoisotopic (exact) mass is 625 g/mol. The molecule has 0 aliphatic heterocycles. The average molecular weight is 626 g/mol. The van der Waals surface area contributed by atoms with Gasteiger partial charge in [-0.3, -0.25) is 9.59 Å². The molecule has 0 bridgehead atoms. The third-order valence-electron chi connectivity index (χ3n) is 7.03. The van der Waals surface area contributed by atoms with Gasteiger partial charge >= 0.3 is 18.0 Å². The molecule has 1 amide bonds. The predicted octanol–water partition coefficient (Wildman–Crippen LogP) is 5.39. The number of hydrogen-bond donors (Lipinski definition) is 3. The minimum atomic E-state index is -1.08. The Morgan fingerprint density at radius 1 is 0.955 bits per heavy atom. The molecule has 1 aromatic carbocycles. The number of amides is 1. The molecule has 1 aromatic rings. The maximum Gasteiger partial charge on any atom is 0.407 e. The van der Waals surface area contributed by atoms with Crippen molar-refractivity contribution in [3.8, 4) is 11.5 Å². The summed E-state index contributed by atoms with van der Waals surface area (Å²) in [5, 5.41) is 23.2. The summed E-state index contributed by atoms with van der Waals surface area (Å²) in [5.74, 6) is -0.719. The average Bonchev–Trinajstić information content (AvgIpc) is 2.92. The molecule has 0 aromatic heterocycles. The van der Waals surface area contributed by atoms with Gasteiger partial charge in [-0.1, -0.05) is 26.8 Å². The number of esters is 1. The van der Waals surface area contributed by atoms with Crippen molar-refractivity contribution in [2.45, 2.75) is 105 Å². The summed E-state index contributed by atoms with van der Waals surface area (Å²) in [6.07, 6.45) is 0.729. The Bertz CT molecular complexity index is 1010. The van der Waals surface area contributed by atoms with Gasteiger partial charge < -0.3 is 39.2 Å². The van der Waals surface area contributed by atoms with Gasteiger partial charge in [0.15, 0.2) is 11.5 Å². The summed E-state index contributed by atoms with van der Waals surface area (Å²) in [6.45, 7) is 14.4. The lowest BCUT2D eigenvalue weighted by molar-refractivity contribution is -0.143. The molecule has 11 heteroatoms. The number of aliphatic hydroxyl groups is 1. The van der Waals surface area contributed by atoms with Gasteiger partial charge in [-0.2, -0.15) is 0 Å². The van der Waals surface area contributed by atoms with Crippen LogP contribution in [0.1, 0.15) is 86.1 Å². The summed E-state index contributed by atoms with van der Waals surface area (Å²) in [4.78, 5) is 35.8. The van der Waals surface area contributed by atoms with Crippen molar-refractivity contribution in [3.05, 3.63) is 23.8 Å². The van der Waals surface area contributed by atoms with Crippen LogP contribution in [0.2, 0.25) is 0 Å². The Hall–Kier alpha value is -3.05. The summed E-state index contributed by atoms with van der Waals surface area (Å²) in [5.41, 5.74) is 0.252. The maximum absolute atomic E-state index is 12.7. The first kappa shape index (κ1) is 39.0. The van der Waals surface area contributed by atoms with E-state index >= 15 is 0 Å². The van der Waals surface area contributed by atoms with Crippen molar-refractivity contribution in [3.63, 3.8) is 0 Å². The fourth-order valence-electron chi connectivity index (χ4n) is 4.55. The van der Waals surface area contributed by atoms with Crippen molar-refractivity contribution in [2.24, 2.45) is 17.8 Å². The van der Waals surface area contributed by atoms with E-state index in [9.17, 15) is 24.6 Å². The van der Waals surface area contributed by atoms with Crippen LogP contribution >= 0.6 is 0 Å². The Labute approximate surface area is 262 Å². The Balaban J connectivity index is 3.14. The normalized spacial score (nSPS) is 14.3. The Morgan fingerprint density at radius 3 is 2.20 bits per heavy atom. The van der Waals surface area contributed by atoms with E-state index in [1.165, 1.54) is 6.92 Å². The second-order valence-electron chi connectivity index (χ2n) is 12.5. The second-order valence-corrected chi connectivity index (χ2v) is 12.5. The number of rotatable bonds is 21. The second kappa shape index (κ2) is 20.1. The van der Waals surface area contributed by atoms with Gasteiger partial charge in [0, 0.05) is 26.6 Å². The molecule has 0 unspecified atom stereocenters. The molecule has 0 radical (unpaired) electrons. The van der Waals surface area contributed by atoms with E-state index in [1.807, 2.05) is 18.2 Å². The number of alkyl carbamates (subject to hydrolysis) is 1. The Kier molecular flexibility index (Phi) is 17.8. The van der Waals surface area contributed by atoms with Gasteiger partial charge in [0.1, 0.15) is 5.60 Å². The van der Waals surface area contributed by atoms with Gasteiger partial charge in [0.05, 0.1) is 37.9 Å². The number of nitrogens with one attached hydrogen (secondary N) is 1. The minimum absolute atomic E-state index is 0.0116. The SMILES string of the molecule is CCOC(=O)CCCOc1ccc(C[C@@H](C[C@H](NC(=O)OC(C)(C)C)[C@@H](O)C[C@@H](C)C(=O)O)C(C)C)cc1OCCCOC. The van der Waals surface area contributed by atoms with Gasteiger partial charge in [-0.15, -0.1) is 0 Å². The number of aliphatic carboxylic acids is 1. The van der Waals surface area contributed by atoms with E-state index in [-0.39, 0.29) is 30.6 Å². The van der Waals surface area contributed by atoms with Crippen molar-refractivity contribution in [1.29, 1.82) is 0 Å². The number of carbonyl (C=O) groups excluding carboxylic acids is 2. The summed E-state index contributed by atoms with van der Waals surface area (Å²) < 4.78 is 27.6. The number of benzene rings is 1. The van der Waals surface area contributed by atoms with Crippen LogP contribution in [-0.4, -0.2) is 79.5 Å². The minimum Gasteiger partial charge on any atom is -0.490 e. The first-order chi connectivity index (χ1) is 20.7. The van der Waals surface area contributed by atoms with Crippen LogP contribution < -0.4 is 14.8 Å². The molecular weight excluding hydrogens is 570 g/mol. The molecule has 0 aliphatic carbocycles. The molecular formula is C33H55NO10. The van der Waals surface area contributed by atoms with E-state index < -0.39 is 35.7 Å². The van der Waals surface area contributed by atoms with E-state index in [2.05, 4.69) is 19.2 Å². The highest BCUT2D eigenvalue weighted by molar-refractivity contribution is 5.70. The van der Waals surface area contributed by atoms with E-state index in [0.29, 0.717) is 63.6 Å². The molecule has 0 spiro atoms. The van der Waals surface area contributed by atoms with Crippen molar-refractivity contribution in [1.82, 2.24) is 5.32 Å². The molecule has 44 heavy (non-hydrogen) atoms. The van der Waals surface area contributed by atoms with Crippen molar-refractivity contribution < 1.29 is 48.3 Å². The van der Waals surface area contributed by atoms with Crippen LogP contribution in [0.3, 0.4) is 0 Å². The zero-order valence-corrected chi connectivity index (χ0v) is 27.9. The van der Waals surface area contributed by atoms with Gasteiger partial charge in [0.2, 0.25) is 0 Å². The van der Waals surface area contributed by atoms with Gasteiger partial charge in [-0.05, 0) is 82.9 Å². The highest BCUT2D eigenvalue weighted by Gasteiger charge is 2.31. The molecule has 0 saturated heterocycles. The molecule has 0 aliphatic rings. The maximum atomic E-state index is 12.7. The summed E-state index contributed by atoms with van der Waals surface area (Å²) in [7, 11) is 1.63. The number of carboxylic acid groups (broad SMARTS) is 1. The van der Waals surface area contributed by atoms with Gasteiger partial charge in [-0.25, -0.2) is 4.79 Å². The molecule has 4 atom stereocenters. The molecule has 252 valence electrons. The van der Waals surface area contributed by atoms with Crippen LogP contribution in [-0.2, 0) is 30.2 Å². The smallest absolute Gasteiger partial charge is 0.407 e. The van der Waals surface area contributed by atoms with E-state index in [1.54, 1.807) is 34.8 Å². The molecule has 3 N–H and O–H groups in total. The zero-order chi connectivity index (χ0) is 33.3. The fraction of sp³-hybridized carbons (Fsp3) is 0.727. The van der Waals surface area contributed by atoms with Crippen LogP contribution in [0.25, 0.3) is 0 Å². The lowest BCUT2D eigenvalue weighted by Crippen LogP contribution is -2.47. The van der Waals surface area contributed by atoms with Crippen molar-refractivity contribution in [2.75, 3.05) is 33.5 Å². The lowest BCUT2D eigenvalue weighted by Gasteiger charge is -2.32.